The zero-order valence-corrected chi connectivity index (χ0v) is 15.8. The average Bonchev–Trinajstić information content (AvgIpc) is 2.96. The van der Waals surface area contributed by atoms with E-state index in [-0.39, 0.29) is 18.3 Å². The predicted octanol–water partition coefficient (Wildman–Crippen LogP) is 1.43. The summed E-state index contributed by atoms with van der Waals surface area (Å²) in [6.45, 7) is 3.91. The minimum absolute atomic E-state index is 0. The fourth-order valence-corrected chi connectivity index (χ4v) is 5.49. The van der Waals surface area contributed by atoms with Crippen LogP contribution in [0.3, 0.4) is 0 Å². The summed E-state index contributed by atoms with van der Waals surface area (Å²) >= 11 is 1.23. The number of sulfonamides is 1. The number of carbonyl (C=O) groups excluding carboxylic acids is 1. The number of hydrogen-bond acceptors (Lipinski definition) is 5. The summed E-state index contributed by atoms with van der Waals surface area (Å²) in [5.41, 5.74) is 0. The fraction of sp³-hybridized carbons (Fsp3) is 0.643. The van der Waals surface area contributed by atoms with Gasteiger partial charge in [0.05, 0.1) is 6.54 Å². The Morgan fingerprint density at radius 3 is 2.57 bits per heavy atom. The highest BCUT2D eigenvalue weighted by Gasteiger charge is 2.30. The first kappa shape index (κ1) is 20.4. The van der Waals surface area contributed by atoms with E-state index < -0.39 is 10.0 Å². The maximum absolute atomic E-state index is 12.6. The molecule has 0 atom stereocenters. The first-order chi connectivity index (χ1) is 10.4. The quantitative estimate of drug-likeness (QED) is 0.781. The van der Waals surface area contributed by atoms with Crippen molar-refractivity contribution in [3.05, 3.63) is 17.0 Å². The molecule has 1 saturated heterocycles. The van der Waals surface area contributed by atoms with Gasteiger partial charge < -0.3 is 10.6 Å². The third-order valence-electron chi connectivity index (χ3n) is 3.81. The van der Waals surface area contributed by atoms with E-state index in [2.05, 4.69) is 10.6 Å². The molecule has 1 fully saturated rings. The Morgan fingerprint density at radius 2 is 2.00 bits per heavy atom. The second-order valence-electron chi connectivity index (χ2n) is 5.54. The highest BCUT2D eigenvalue weighted by Crippen LogP contribution is 2.28. The van der Waals surface area contributed by atoms with Crippen molar-refractivity contribution in [2.75, 3.05) is 26.7 Å². The zero-order chi connectivity index (χ0) is 16.2. The van der Waals surface area contributed by atoms with Crippen LogP contribution in [0.4, 0.5) is 0 Å². The number of thiophene rings is 1. The van der Waals surface area contributed by atoms with Gasteiger partial charge in [-0.15, -0.1) is 23.7 Å². The molecule has 1 aromatic heterocycles. The van der Waals surface area contributed by atoms with Gasteiger partial charge in [0.25, 0.3) is 10.0 Å². The molecule has 0 aromatic carbocycles. The molecule has 1 aliphatic rings. The molecule has 6 nitrogen and oxygen atoms in total. The van der Waals surface area contributed by atoms with Crippen molar-refractivity contribution in [2.45, 2.75) is 30.5 Å². The SMILES string of the molecule is CNCC1CCN(S(=O)(=O)c2ccc(CNC(C)=O)s2)CC1.Cl. The molecule has 0 unspecified atom stereocenters. The average molecular weight is 382 g/mol. The van der Waals surface area contributed by atoms with E-state index in [0.29, 0.717) is 29.8 Å². The van der Waals surface area contributed by atoms with Crippen LogP contribution < -0.4 is 10.6 Å². The molecule has 9 heteroatoms. The van der Waals surface area contributed by atoms with Crippen LogP contribution >= 0.6 is 23.7 Å². The molecule has 1 amide bonds. The van der Waals surface area contributed by atoms with Gasteiger partial charge in [-0.2, -0.15) is 4.31 Å². The Bertz CT molecular complexity index is 611. The largest absolute Gasteiger partial charge is 0.351 e. The van der Waals surface area contributed by atoms with Crippen molar-refractivity contribution in [3.63, 3.8) is 0 Å². The summed E-state index contributed by atoms with van der Waals surface area (Å²) in [6.07, 6.45) is 1.79. The van der Waals surface area contributed by atoms with Crippen molar-refractivity contribution in [1.82, 2.24) is 14.9 Å². The number of carbonyl (C=O) groups is 1. The lowest BCUT2D eigenvalue weighted by Crippen LogP contribution is -2.40. The van der Waals surface area contributed by atoms with Crippen LogP contribution in [0.2, 0.25) is 0 Å². The standard InChI is InChI=1S/C14H23N3O3S2.ClH/c1-11(18)16-10-13-3-4-14(21-13)22(19,20)17-7-5-12(6-8-17)9-15-2;/h3-4,12,15H,5-10H2,1-2H3,(H,16,18);1H. The summed E-state index contributed by atoms with van der Waals surface area (Å²) in [6, 6.07) is 3.40. The Morgan fingerprint density at radius 1 is 1.35 bits per heavy atom. The topological polar surface area (TPSA) is 78.5 Å². The molecular weight excluding hydrogens is 358 g/mol. The van der Waals surface area contributed by atoms with Crippen LogP contribution in [-0.4, -0.2) is 45.3 Å². The third kappa shape index (κ3) is 5.42. The first-order valence-electron chi connectivity index (χ1n) is 7.41. The summed E-state index contributed by atoms with van der Waals surface area (Å²) in [7, 11) is -1.48. The van der Waals surface area contributed by atoms with E-state index in [1.165, 1.54) is 18.3 Å². The number of piperidine rings is 1. The van der Waals surface area contributed by atoms with Gasteiger partial charge in [-0.05, 0) is 44.5 Å². The van der Waals surface area contributed by atoms with Gasteiger partial charge in [-0.25, -0.2) is 8.42 Å². The predicted molar refractivity (Wildman–Crippen MR) is 94.5 cm³/mol. The summed E-state index contributed by atoms with van der Waals surface area (Å²) < 4.78 is 27.2. The third-order valence-corrected chi connectivity index (χ3v) is 7.26. The van der Waals surface area contributed by atoms with Crippen LogP contribution in [0.15, 0.2) is 16.3 Å². The van der Waals surface area contributed by atoms with Crippen LogP contribution in [-0.2, 0) is 21.4 Å². The Balaban J connectivity index is 0.00000264. The van der Waals surface area contributed by atoms with E-state index in [1.807, 2.05) is 7.05 Å². The number of nitrogens with one attached hydrogen (secondary N) is 2. The van der Waals surface area contributed by atoms with Crippen LogP contribution in [0.1, 0.15) is 24.6 Å². The van der Waals surface area contributed by atoms with E-state index in [4.69, 9.17) is 0 Å². The van der Waals surface area contributed by atoms with Crippen molar-refractivity contribution in [1.29, 1.82) is 0 Å². The van der Waals surface area contributed by atoms with Gasteiger partial charge in [0.1, 0.15) is 4.21 Å². The number of hydrogen-bond donors (Lipinski definition) is 2. The molecule has 1 aromatic rings. The molecule has 0 radical (unpaired) electrons. The zero-order valence-electron chi connectivity index (χ0n) is 13.4. The lowest BCUT2D eigenvalue weighted by Gasteiger charge is -2.30. The maximum Gasteiger partial charge on any atom is 0.252 e. The molecule has 0 bridgehead atoms. The van der Waals surface area contributed by atoms with E-state index >= 15 is 0 Å². The second kappa shape index (κ2) is 8.98. The van der Waals surface area contributed by atoms with E-state index in [9.17, 15) is 13.2 Å². The van der Waals surface area contributed by atoms with Gasteiger partial charge in [-0.1, -0.05) is 0 Å². The summed E-state index contributed by atoms with van der Waals surface area (Å²) in [4.78, 5) is 11.8. The minimum atomic E-state index is -3.40. The first-order valence-corrected chi connectivity index (χ1v) is 9.67. The Hall–Kier alpha value is -0.670. The van der Waals surface area contributed by atoms with E-state index in [1.54, 1.807) is 16.4 Å². The molecule has 23 heavy (non-hydrogen) atoms. The molecule has 0 saturated carbocycles. The van der Waals surface area contributed by atoms with Gasteiger partial charge in [0.15, 0.2) is 0 Å². The molecule has 1 aliphatic heterocycles. The van der Waals surface area contributed by atoms with Crippen molar-refractivity contribution < 1.29 is 13.2 Å². The Labute approximate surface area is 148 Å². The monoisotopic (exact) mass is 381 g/mol. The highest BCUT2D eigenvalue weighted by atomic mass is 35.5. The Kier molecular flexibility index (Phi) is 7.96. The van der Waals surface area contributed by atoms with Crippen LogP contribution in [0.25, 0.3) is 0 Å². The molecule has 2 N–H and O–H groups in total. The molecule has 0 aliphatic carbocycles. The van der Waals surface area contributed by atoms with Gasteiger partial charge in [0, 0.05) is 24.9 Å². The van der Waals surface area contributed by atoms with Crippen LogP contribution in [0, 0.1) is 5.92 Å². The smallest absolute Gasteiger partial charge is 0.252 e. The van der Waals surface area contributed by atoms with Crippen molar-refractivity contribution in [2.24, 2.45) is 5.92 Å². The summed E-state index contributed by atoms with van der Waals surface area (Å²) in [5.74, 6) is 0.430. The number of halogens is 1. The normalized spacial score (nSPS) is 16.8. The van der Waals surface area contributed by atoms with Crippen molar-refractivity contribution in [3.8, 4) is 0 Å². The fourth-order valence-electron chi connectivity index (χ4n) is 2.57. The van der Waals surface area contributed by atoms with Gasteiger partial charge >= 0.3 is 0 Å². The minimum Gasteiger partial charge on any atom is -0.351 e. The summed E-state index contributed by atoms with van der Waals surface area (Å²) in [5, 5.41) is 5.83. The van der Waals surface area contributed by atoms with E-state index in [0.717, 1.165) is 24.3 Å². The van der Waals surface area contributed by atoms with Gasteiger partial charge in [0.2, 0.25) is 5.91 Å². The molecule has 2 rings (SSSR count). The molecular formula is C14H24ClN3O3S2. The van der Waals surface area contributed by atoms with Gasteiger partial charge in [-0.3, -0.25) is 4.79 Å². The number of rotatable bonds is 6. The molecule has 0 spiro atoms. The number of amides is 1. The second-order valence-corrected chi connectivity index (χ2v) is 8.87. The molecule has 2 heterocycles. The number of nitrogens with zero attached hydrogens (tertiary/aromatic N) is 1. The molecule has 132 valence electrons. The maximum atomic E-state index is 12.6. The lowest BCUT2D eigenvalue weighted by molar-refractivity contribution is -0.119. The highest BCUT2D eigenvalue weighted by molar-refractivity contribution is 7.91. The van der Waals surface area contributed by atoms with Crippen molar-refractivity contribution >= 4 is 39.7 Å². The van der Waals surface area contributed by atoms with Crippen LogP contribution in [0.5, 0.6) is 0 Å². The lowest BCUT2D eigenvalue weighted by atomic mass is 9.98.